The topological polar surface area (TPSA) is 26.3 Å². The number of hydrogen-bond acceptors (Lipinski definition) is 2. The van der Waals surface area contributed by atoms with Crippen molar-refractivity contribution < 1.29 is 18.3 Å². The summed E-state index contributed by atoms with van der Waals surface area (Å²) in [7, 11) is 0. The number of ether oxygens (including phenoxy) is 1. The van der Waals surface area contributed by atoms with Crippen LogP contribution in [0, 0.1) is 11.8 Å². The number of ketones is 1. The Labute approximate surface area is 94.4 Å². The first-order chi connectivity index (χ1) is 7.53. The highest BCUT2D eigenvalue weighted by molar-refractivity contribution is 5.79. The molecule has 0 amide bonds. The maximum absolute atomic E-state index is 13.0. The lowest BCUT2D eigenvalue weighted by molar-refractivity contribution is -0.125. The molecule has 16 heavy (non-hydrogen) atoms. The molecule has 1 aliphatic carbocycles. The predicted octanol–water partition coefficient (Wildman–Crippen LogP) is 2.56. The second kappa shape index (κ2) is 5.95. The molecule has 0 aromatic rings. The Morgan fingerprint density at radius 2 is 2.25 bits per heavy atom. The van der Waals surface area contributed by atoms with Crippen LogP contribution in [0.5, 0.6) is 0 Å². The van der Waals surface area contributed by atoms with E-state index >= 15 is 0 Å². The maximum Gasteiger partial charge on any atom is 0.308 e. The van der Waals surface area contributed by atoms with Crippen molar-refractivity contribution in [1.82, 2.24) is 0 Å². The maximum atomic E-state index is 13.0. The Balaban J connectivity index is 2.41. The predicted molar refractivity (Wildman–Crippen MR) is 56.2 cm³/mol. The zero-order valence-electron chi connectivity index (χ0n) is 9.39. The molecule has 1 unspecified atom stereocenters. The normalized spacial score (nSPS) is 23.8. The van der Waals surface area contributed by atoms with Gasteiger partial charge in [-0.05, 0) is 18.8 Å². The van der Waals surface area contributed by atoms with Gasteiger partial charge in [0.15, 0.2) is 5.78 Å². The summed E-state index contributed by atoms with van der Waals surface area (Å²) in [6.45, 7) is 1.78. The van der Waals surface area contributed by atoms with E-state index in [0.717, 1.165) is 0 Å². The highest BCUT2D eigenvalue weighted by Gasteiger charge is 2.28. The largest absolute Gasteiger partial charge is 0.370 e. The molecular formula is C12H16F2O2. The highest BCUT2D eigenvalue weighted by Crippen LogP contribution is 2.24. The summed E-state index contributed by atoms with van der Waals surface area (Å²) < 4.78 is 31.3. The molecule has 1 atom stereocenters. The molecule has 1 aliphatic rings. The molecule has 0 radical (unpaired) electrons. The smallest absolute Gasteiger partial charge is 0.308 e. The number of halogens is 2. The molecule has 0 aromatic carbocycles. The number of alkyl halides is 2. The third kappa shape index (κ3) is 4.71. The van der Waals surface area contributed by atoms with Crippen molar-refractivity contribution in [2.75, 3.05) is 6.61 Å². The van der Waals surface area contributed by atoms with Crippen molar-refractivity contribution in [3.8, 4) is 11.8 Å². The molecule has 4 heteroatoms. The number of rotatable bonds is 4. The van der Waals surface area contributed by atoms with Gasteiger partial charge >= 0.3 is 5.92 Å². The number of carbonyl (C=O) groups is 1. The van der Waals surface area contributed by atoms with E-state index in [2.05, 4.69) is 5.92 Å². The van der Waals surface area contributed by atoms with E-state index in [9.17, 15) is 13.6 Å². The molecule has 0 fully saturated rings. The molecular weight excluding hydrogens is 214 g/mol. The minimum absolute atomic E-state index is 0.0000890. The van der Waals surface area contributed by atoms with E-state index in [4.69, 9.17) is 4.74 Å². The second-order valence-corrected chi connectivity index (χ2v) is 3.91. The van der Waals surface area contributed by atoms with Crippen LogP contribution in [-0.2, 0) is 9.53 Å². The molecule has 0 aromatic heterocycles. The van der Waals surface area contributed by atoms with Crippen LogP contribution in [0.3, 0.4) is 0 Å². The first-order valence-corrected chi connectivity index (χ1v) is 5.54. The van der Waals surface area contributed by atoms with Crippen molar-refractivity contribution in [1.29, 1.82) is 0 Å². The fraction of sp³-hybridized carbons (Fsp3) is 0.750. The average Bonchev–Trinajstić information content (AvgIpc) is 2.23. The first-order valence-electron chi connectivity index (χ1n) is 5.54. The number of hydrogen-bond donors (Lipinski definition) is 0. The molecule has 90 valence electrons. The average molecular weight is 230 g/mol. The minimum atomic E-state index is -2.91. The van der Waals surface area contributed by atoms with Crippen molar-refractivity contribution in [2.24, 2.45) is 0 Å². The summed E-state index contributed by atoms with van der Waals surface area (Å²) >= 11 is 0. The quantitative estimate of drug-likeness (QED) is 0.694. The summed E-state index contributed by atoms with van der Waals surface area (Å²) in [5, 5.41) is 0. The lowest BCUT2D eigenvalue weighted by atomic mass is 10.0. The van der Waals surface area contributed by atoms with Crippen LogP contribution in [0.25, 0.3) is 0 Å². The van der Waals surface area contributed by atoms with Crippen molar-refractivity contribution in [3.05, 3.63) is 0 Å². The van der Waals surface area contributed by atoms with Crippen LogP contribution in [-0.4, -0.2) is 24.4 Å². The van der Waals surface area contributed by atoms with Gasteiger partial charge in [0, 0.05) is 19.3 Å². The fourth-order valence-electron chi connectivity index (χ4n) is 1.45. The molecule has 0 spiro atoms. The van der Waals surface area contributed by atoms with Gasteiger partial charge in [0.2, 0.25) is 0 Å². The van der Waals surface area contributed by atoms with Crippen molar-refractivity contribution >= 4 is 5.78 Å². The summed E-state index contributed by atoms with van der Waals surface area (Å²) in [5.74, 6) is 1.49. The van der Waals surface area contributed by atoms with Gasteiger partial charge in [0.25, 0.3) is 0 Å². The molecule has 0 heterocycles. The summed E-state index contributed by atoms with van der Waals surface area (Å²) in [4.78, 5) is 11.0. The van der Waals surface area contributed by atoms with E-state index in [1.807, 2.05) is 5.92 Å². The fourth-order valence-corrected chi connectivity index (χ4v) is 1.45. The third-order valence-corrected chi connectivity index (χ3v) is 2.52. The molecule has 1 rings (SSSR count). The van der Waals surface area contributed by atoms with E-state index in [-0.39, 0.29) is 31.3 Å². The number of Topliss-reactive ketones (excluding diaryl/α,β-unsaturated/α-hetero) is 1. The second-order valence-electron chi connectivity index (χ2n) is 3.91. The van der Waals surface area contributed by atoms with E-state index in [1.165, 1.54) is 0 Å². The van der Waals surface area contributed by atoms with Gasteiger partial charge in [-0.3, -0.25) is 4.79 Å². The van der Waals surface area contributed by atoms with Crippen LogP contribution in [0.4, 0.5) is 8.78 Å². The van der Waals surface area contributed by atoms with Gasteiger partial charge < -0.3 is 4.74 Å². The van der Waals surface area contributed by atoms with E-state index in [1.54, 1.807) is 6.92 Å². The van der Waals surface area contributed by atoms with Gasteiger partial charge in [-0.1, -0.05) is 12.8 Å². The Morgan fingerprint density at radius 3 is 2.94 bits per heavy atom. The summed E-state index contributed by atoms with van der Waals surface area (Å²) in [5.41, 5.74) is 0. The van der Waals surface area contributed by atoms with Gasteiger partial charge in [0.05, 0.1) is 6.10 Å². The summed E-state index contributed by atoms with van der Waals surface area (Å²) in [6.07, 6.45) is 1.16. The van der Waals surface area contributed by atoms with Gasteiger partial charge in [-0.25, -0.2) is 0 Å². The zero-order valence-corrected chi connectivity index (χ0v) is 9.39. The summed E-state index contributed by atoms with van der Waals surface area (Å²) in [6, 6.07) is 0. The van der Waals surface area contributed by atoms with Gasteiger partial charge in [-0.15, -0.1) is 0 Å². The molecule has 0 saturated heterocycles. The highest BCUT2D eigenvalue weighted by atomic mass is 19.3. The lowest BCUT2D eigenvalue weighted by Crippen LogP contribution is -2.23. The monoisotopic (exact) mass is 230 g/mol. The molecule has 0 bridgehead atoms. The van der Waals surface area contributed by atoms with Crippen LogP contribution in [0.15, 0.2) is 0 Å². The minimum Gasteiger partial charge on any atom is -0.370 e. The van der Waals surface area contributed by atoms with E-state index < -0.39 is 5.92 Å². The number of carbonyl (C=O) groups excluding carboxylic acids is 1. The van der Waals surface area contributed by atoms with Crippen LogP contribution in [0.2, 0.25) is 0 Å². The standard InChI is InChI=1S/C12H16F2O2/c1-2-10(15)9-16-11-5-3-4-7-12(13,14)8-6-11/h11H,2-3,5-6,8-9H2,1H3. The SMILES string of the molecule is CCC(=O)COC1CCC#CC(F)(F)CC1. The Kier molecular flexibility index (Phi) is 4.88. The van der Waals surface area contributed by atoms with Crippen LogP contribution >= 0.6 is 0 Å². The van der Waals surface area contributed by atoms with Gasteiger partial charge in [0.1, 0.15) is 6.61 Å². The molecule has 0 N–H and O–H groups in total. The molecule has 0 aliphatic heterocycles. The van der Waals surface area contributed by atoms with Crippen LogP contribution < -0.4 is 0 Å². The Hall–Kier alpha value is -0.950. The zero-order chi connectivity index (χ0) is 12.0. The van der Waals surface area contributed by atoms with Gasteiger partial charge in [-0.2, -0.15) is 8.78 Å². The molecule has 2 nitrogen and oxygen atoms in total. The van der Waals surface area contributed by atoms with Crippen molar-refractivity contribution in [2.45, 2.75) is 51.1 Å². The van der Waals surface area contributed by atoms with E-state index in [0.29, 0.717) is 19.3 Å². The third-order valence-electron chi connectivity index (χ3n) is 2.52. The Morgan fingerprint density at radius 1 is 1.50 bits per heavy atom. The van der Waals surface area contributed by atoms with Crippen molar-refractivity contribution in [3.63, 3.8) is 0 Å². The first kappa shape index (κ1) is 13.1. The Bertz CT molecular complexity index is 302. The molecule has 0 saturated carbocycles. The lowest BCUT2D eigenvalue weighted by Gasteiger charge is -2.20. The van der Waals surface area contributed by atoms with Crippen LogP contribution in [0.1, 0.15) is 39.0 Å².